The van der Waals surface area contributed by atoms with Crippen LogP contribution in [-0.2, 0) is 38.6 Å². The van der Waals surface area contributed by atoms with Gasteiger partial charge in [0.05, 0.1) is 18.9 Å². The van der Waals surface area contributed by atoms with Gasteiger partial charge in [0.1, 0.15) is 11.9 Å². The number of ether oxygens (including phenoxy) is 2. The van der Waals surface area contributed by atoms with Crippen molar-refractivity contribution in [2.45, 2.75) is 57.8 Å². The SMILES string of the molecule is CC1(C)O[C@@H](C(=O)N2CCc3ccccc3C2)[C@H](C2=NN(Cc3cccc(O)c3)OCC2)O1. The molecule has 1 amide bonds. The Bertz CT molecular complexity index is 1070. The first kappa shape index (κ1) is 21.9. The third kappa shape index (κ3) is 4.73. The van der Waals surface area contributed by atoms with Gasteiger partial charge in [0.15, 0.2) is 11.9 Å². The number of benzene rings is 2. The molecule has 0 unspecified atom stereocenters. The van der Waals surface area contributed by atoms with Crippen LogP contribution < -0.4 is 0 Å². The highest BCUT2D eigenvalue weighted by Gasteiger charge is 2.49. The van der Waals surface area contributed by atoms with Gasteiger partial charge in [-0.05, 0) is 49.1 Å². The van der Waals surface area contributed by atoms with Crippen molar-refractivity contribution in [3.63, 3.8) is 0 Å². The van der Waals surface area contributed by atoms with Crippen LogP contribution in [0, 0.1) is 0 Å². The van der Waals surface area contributed by atoms with Crippen molar-refractivity contribution in [1.29, 1.82) is 0 Å². The second-order valence-corrected chi connectivity index (χ2v) is 9.11. The Morgan fingerprint density at radius 1 is 1.12 bits per heavy atom. The molecule has 0 spiro atoms. The molecule has 3 heterocycles. The predicted octanol–water partition coefficient (Wildman–Crippen LogP) is 2.99. The normalized spacial score (nSPS) is 24.4. The van der Waals surface area contributed by atoms with Crippen molar-refractivity contribution < 1.29 is 24.2 Å². The third-order valence-electron chi connectivity index (χ3n) is 6.18. The first-order chi connectivity index (χ1) is 15.9. The maximum absolute atomic E-state index is 13.6. The van der Waals surface area contributed by atoms with Crippen molar-refractivity contribution in [3.05, 3.63) is 65.2 Å². The van der Waals surface area contributed by atoms with Crippen molar-refractivity contribution >= 4 is 11.6 Å². The van der Waals surface area contributed by atoms with E-state index in [0.717, 1.165) is 17.7 Å². The maximum atomic E-state index is 13.6. The Balaban J connectivity index is 1.35. The zero-order chi connectivity index (χ0) is 23.0. The third-order valence-corrected chi connectivity index (χ3v) is 6.18. The quantitative estimate of drug-likeness (QED) is 0.770. The van der Waals surface area contributed by atoms with Gasteiger partial charge in [0.25, 0.3) is 5.91 Å². The number of amides is 1. The Kier molecular flexibility index (Phi) is 5.82. The van der Waals surface area contributed by atoms with Crippen LogP contribution in [0.2, 0.25) is 0 Å². The fourth-order valence-corrected chi connectivity index (χ4v) is 4.62. The van der Waals surface area contributed by atoms with Crippen molar-refractivity contribution in [2.24, 2.45) is 5.10 Å². The summed E-state index contributed by atoms with van der Waals surface area (Å²) in [6, 6.07) is 15.2. The molecule has 174 valence electrons. The molecule has 1 N–H and O–H groups in total. The molecule has 5 rings (SSSR count). The summed E-state index contributed by atoms with van der Waals surface area (Å²) in [5.41, 5.74) is 4.05. The molecule has 0 bridgehead atoms. The van der Waals surface area contributed by atoms with Crippen LogP contribution in [0.5, 0.6) is 5.75 Å². The Morgan fingerprint density at radius 3 is 2.76 bits per heavy atom. The number of hydrazone groups is 1. The van der Waals surface area contributed by atoms with E-state index in [2.05, 4.69) is 17.2 Å². The van der Waals surface area contributed by atoms with Gasteiger partial charge in [0.2, 0.25) is 0 Å². The van der Waals surface area contributed by atoms with E-state index in [4.69, 9.17) is 14.3 Å². The van der Waals surface area contributed by atoms with Gasteiger partial charge in [0, 0.05) is 19.5 Å². The molecule has 3 aliphatic rings. The van der Waals surface area contributed by atoms with Crippen molar-refractivity contribution in [2.75, 3.05) is 13.2 Å². The molecule has 33 heavy (non-hydrogen) atoms. The van der Waals surface area contributed by atoms with E-state index in [0.29, 0.717) is 32.7 Å². The number of carbonyl (C=O) groups is 1. The van der Waals surface area contributed by atoms with Gasteiger partial charge in [-0.1, -0.05) is 36.4 Å². The van der Waals surface area contributed by atoms with Gasteiger partial charge in [-0.3, -0.25) is 9.63 Å². The first-order valence-corrected chi connectivity index (χ1v) is 11.3. The van der Waals surface area contributed by atoms with Crippen LogP contribution in [0.25, 0.3) is 0 Å². The summed E-state index contributed by atoms with van der Waals surface area (Å²) in [6.45, 7) is 5.67. The lowest BCUT2D eigenvalue weighted by molar-refractivity contribution is -0.174. The molecule has 2 aromatic carbocycles. The number of carbonyl (C=O) groups excluding carboxylic acids is 1. The van der Waals surface area contributed by atoms with Crippen LogP contribution in [0.3, 0.4) is 0 Å². The molecule has 3 aliphatic heterocycles. The monoisotopic (exact) mass is 451 g/mol. The van der Waals surface area contributed by atoms with Crippen LogP contribution in [0.4, 0.5) is 0 Å². The summed E-state index contributed by atoms with van der Waals surface area (Å²) < 4.78 is 12.3. The first-order valence-electron chi connectivity index (χ1n) is 11.3. The van der Waals surface area contributed by atoms with Gasteiger partial charge in [-0.15, -0.1) is 0 Å². The second kappa shape index (κ2) is 8.78. The standard InChI is InChI=1S/C25H29N3O5/c1-25(2)32-22(21-11-13-31-28(26-21)15-17-6-5-9-20(29)14-17)23(33-25)24(30)27-12-10-18-7-3-4-8-19(18)16-27/h3-9,14,22-23,29H,10-13,15-16H2,1-2H3/t22-,23+/m0/s1. The fourth-order valence-electron chi connectivity index (χ4n) is 4.62. The molecule has 2 atom stereocenters. The van der Waals surface area contributed by atoms with Crippen LogP contribution in [-0.4, -0.2) is 57.9 Å². The molecule has 1 saturated heterocycles. The number of phenolic OH excluding ortho intramolecular Hbond substituents is 1. The van der Waals surface area contributed by atoms with Gasteiger partial charge in [-0.2, -0.15) is 10.3 Å². The molecule has 0 aromatic heterocycles. The molecule has 0 aliphatic carbocycles. The number of hydrogen-bond acceptors (Lipinski definition) is 7. The predicted molar refractivity (Wildman–Crippen MR) is 121 cm³/mol. The molecule has 2 aromatic rings. The van der Waals surface area contributed by atoms with Crippen molar-refractivity contribution in [1.82, 2.24) is 10.1 Å². The smallest absolute Gasteiger partial charge is 0.255 e. The average molecular weight is 452 g/mol. The minimum absolute atomic E-state index is 0.0752. The lowest BCUT2D eigenvalue weighted by Gasteiger charge is -2.32. The van der Waals surface area contributed by atoms with E-state index in [1.165, 1.54) is 16.3 Å². The van der Waals surface area contributed by atoms with E-state index in [1.807, 2.05) is 36.9 Å². The highest BCUT2D eigenvalue weighted by molar-refractivity contribution is 5.96. The summed E-state index contributed by atoms with van der Waals surface area (Å²) in [5.74, 6) is -0.777. The molecule has 8 nitrogen and oxygen atoms in total. The second-order valence-electron chi connectivity index (χ2n) is 9.11. The van der Waals surface area contributed by atoms with Gasteiger partial charge in [-0.25, -0.2) is 0 Å². The molecule has 0 saturated carbocycles. The van der Waals surface area contributed by atoms with Gasteiger partial charge < -0.3 is 19.5 Å². The van der Waals surface area contributed by atoms with Crippen LogP contribution in [0.1, 0.15) is 37.0 Å². The molecule has 8 heteroatoms. The Morgan fingerprint density at radius 2 is 1.94 bits per heavy atom. The highest BCUT2D eigenvalue weighted by Crippen LogP contribution is 2.33. The fraction of sp³-hybridized carbons (Fsp3) is 0.440. The van der Waals surface area contributed by atoms with E-state index in [1.54, 1.807) is 18.2 Å². The van der Waals surface area contributed by atoms with E-state index in [9.17, 15) is 9.90 Å². The topological polar surface area (TPSA) is 83.8 Å². The van der Waals surface area contributed by atoms with Crippen LogP contribution in [0.15, 0.2) is 53.6 Å². The molecular weight excluding hydrogens is 422 g/mol. The zero-order valence-electron chi connectivity index (χ0n) is 18.9. The summed E-state index contributed by atoms with van der Waals surface area (Å²) in [5, 5.41) is 15.9. The summed E-state index contributed by atoms with van der Waals surface area (Å²) in [6.07, 6.45) is 0.0357. The number of phenols is 1. The molecular formula is C25H29N3O5. The number of aromatic hydroxyl groups is 1. The molecule has 0 radical (unpaired) electrons. The maximum Gasteiger partial charge on any atom is 0.255 e. The lowest BCUT2D eigenvalue weighted by atomic mass is 9.98. The minimum Gasteiger partial charge on any atom is -0.508 e. The van der Waals surface area contributed by atoms with E-state index >= 15 is 0 Å². The Hall–Kier alpha value is -2.94. The number of hydrogen-bond donors (Lipinski definition) is 1. The number of fused-ring (bicyclic) bond motifs is 1. The Labute approximate surface area is 193 Å². The average Bonchev–Trinajstić information content (AvgIpc) is 3.14. The zero-order valence-corrected chi connectivity index (χ0v) is 18.9. The lowest BCUT2D eigenvalue weighted by Crippen LogP contribution is -2.48. The number of nitrogens with zero attached hydrogens (tertiary/aromatic N) is 3. The number of rotatable bonds is 4. The number of hydroxylamine groups is 1. The van der Waals surface area contributed by atoms with Crippen molar-refractivity contribution in [3.8, 4) is 5.75 Å². The highest BCUT2D eigenvalue weighted by atomic mass is 16.8. The van der Waals surface area contributed by atoms with E-state index in [-0.39, 0.29) is 11.7 Å². The van der Waals surface area contributed by atoms with Gasteiger partial charge >= 0.3 is 0 Å². The summed E-state index contributed by atoms with van der Waals surface area (Å²) in [7, 11) is 0. The summed E-state index contributed by atoms with van der Waals surface area (Å²) in [4.78, 5) is 21.1. The molecule has 1 fully saturated rings. The largest absolute Gasteiger partial charge is 0.508 e. The summed E-state index contributed by atoms with van der Waals surface area (Å²) >= 11 is 0. The van der Waals surface area contributed by atoms with E-state index < -0.39 is 18.0 Å². The minimum atomic E-state index is -0.893. The van der Waals surface area contributed by atoms with Crippen LogP contribution >= 0.6 is 0 Å².